The summed E-state index contributed by atoms with van der Waals surface area (Å²) in [7, 11) is 1.92. The molecule has 0 fully saturated rings. The number of carboxylic acid groups (broad SMARTS) is 1. The highest BCUT2D eigenvalue weighted by atomic mass is 16.4. The smallest absolute Gasteiger partial charge is 0.303 e. The van der Waals surface area contributed by atoms with E-state index in [-0.39, 0.29) is 0 Å². The molecule has 1 aromatic rings. The molecule has 0 radical (unpaired) electrons. The summed E-state index contributed by atoms with van der Waals surface area (Å²) >= 11 is 0. The van der Waals surface area contributed by atoms with Gasteiger partial charge in [0.05, 0.1) is 0 Å². The number of rotatable bonds is 8. The zero-order valence-electron chi connectivity index (χ0n) is 10.4. The van der Waals surface area contributed by atoms with E-state index in [2.05, 4.69) is 29.6 Å². The van der Waals surface area contributed by atoms with Gasteiger partial charge in [0, 0.05) is 19.2 Å². The standard InChI is InChI=1S/C14H21NO2/c1-15-13-9-6-8-12(11-13)7-4-2-3-5-10-14(16)17/h6,8-9,11,15H,2-5,7,10H2,1H3,(H,16,17). The average molecular weight is 235 g/mol. The molecule has 0 atom stereocenters. The molecule has 1 aromatic carbocycles. The molecule has 0 amide bonds. The fourth-order valence-corrected chi connectivity index (χ4v) is 1.84. The van der Waals surface area contributed by atoms with Crippen molar-refractivity contribution in [1.82, 2.24) is 0 Å². The third-order valence-electron chi connectivity index (χ3n) is 2.82. The Morgan fingerprint density at radius 3 is 2.71 bits per heavy atom. The molecule has 1 rings (SSSR count). The molecule has 0 heterocycles. The quantitative estimate of drug-likeness (QED) is 0.680. The van der Waals surface area contributed by atoms with Gasteiger partial charge in [-0.3, -0.25) is 4.79 Å². The van der Waals surface area contributed by atoms with Gasteiger partial charge in [0.25, 0.3) is 0 Å². The van der Waals surface area contributed by atoms with E-state index >= 15 is 0 Å². The van der Waals surface area contributed by atoms with Crippen molar-refractivity contribution in [3.8, 4) is 0 Å². The first-order valence-corrected chi connectivity index (χ1v) is 6.21. The highest BCUT2D eigenvalue weighted by Gasteiger charge is 1.98. The van der Waals surface area contributed by atoms with Crippen molar-refractivity contribution in [3.05, 3.63) is 29.8 Å². The zero-order valence-corrected chi connectivity index (χ0v) is 10.4. The molecule has 0 aliphatic rings. The van der Waals surface area contributed by atoms with E-state index in [0.29, 0.717) is 6.42 Å². The summed E-state index contributed by atoms with van der Waals surface area (Å²) in [6.45, 7) is 0. The Kier molecular flexibility index (Phi) is 6.15. The summed E-state index contributed by atoms with van der Waals surface area (Å²) < 4.78 is 0. The number of aliphatic carboxylic acids is 1. The van der Waals surface area contributed by atoms with Crippen LogP contribution in [0.5, 0.6) is 0 Å². The Bertz CT molecular complexity index is 350. The van der Waals surface area contributed by atoms with Crippen molar-refractivity contribution in [1.29, 1.82) is 0 Å². The van der Waals surface area contributed by atoms with E-state index in [9.17, 15) is 4.79 Å². The minimum absolute atomic E-state index is 0.301. The fourth-order valence-electron chi connectivity index (χ4n) is 1.84. The van der Waals surface area contributed by atoms with Crippen LogP contribution in [0.4, 0.5) is 5.69 Å². The van der Waals surface area contributed by atoms with Crippen LogP contribution in [0.25, 0.3) is 0 Å². The summed E-state index contributed by atoms with van der Waals surface area (Å²) in [6.07, 6.45) is 5.42. The van der Waals surface area contributed by atoms with Gasteiger partial charge < -0.3 is 10.4 Å². The van der Waals surface area contributed by atoms with Crippen LogP contribution in [0.2, 0.25) is 0 Å². The lowest BCUT2D eigenvalue weighted by atomic mass is 10.0. The van der Waals surface area contributed by atoms with Crippen LogP contribution in [-0.4, -0.2) is 18.1 Å². The molecule has 0 unspecified atom stereocenters. The topological polar surface area (TPSA) is 49.3 Å². The zero-order chi connectivity index (χ0) is 12.5. The Morgan fingerprint density at radius 1 is 1.24 bits per heavy atom. The van der Waals surface area contributed by atoms with Gasteiger partial charge in [-0.1, -0.05) is 25.0 Å². The van der Waals surface area contributed by atoms with Gasteiger partial charge in [0.1, 0.15) is 0 Å². The van der Waals surface area contributed by atoms with Gasteiger partial charge in [-0.15, -0.1) is 0 Å². The first-order valence-electron chi connectivity index (χ1n) is 6.21. The lowest BCUT2D eigenvalue weighted by Gasteiger charge is -2.04. The second-order valence-corrected chi connectivity index (χ2v) is 4.26. The number of nitrogens with one attached hydrogen (secondary N) is 1. The summed E-state index contributed by atoms with van der Waals surface area (Å²) in [5.41, 5.74) is 2.49. The first kappa shape index (κ1) is 13.6. The largest absolute Gasteiger partial charge is 0.481 e. The van der Waals surface area contributed by atoms with Gasteiger partial charge in [-0.2, -0.15) is 0 Å². The SMILES string of the molecule is CNc1cccc(CCCCCCC(=O)O)c1. The van der Waals surface area contributed by atoms with E-state index in [1.54, 1.807) is 0 Å². The van der Waals surface area contributed by atoms with Gasteiger partial charge in [-0.05, 0) is 37.0 Å². The third-order valence-corrected chi connectivity index (χ3v) is 2.82. The predicted octanol–water partition coefficient (Wildman–Crippen LogP) is 3.31. The van der Waals surface area contributed by atoms with Gasteiger partial charge in [0.2, 0.25) is 0 Å². The van der Waals surface area contributed by atoms with Crippen molar-refractivity contribution in [2.24, 2.45) is 0 Å². The minimum atomic E-state index is -0.688. The van der Waals surface area contributed by atoms with Gasteiger partial charge >= 0.3 is 5.97 Å². The van der Waals surface area contributed by atoms with E-state index in [1.165, 1.54) is 5.56 Å². The number of carbonyl (C=O) groups is 1. The van der Waals surface area contributed by atoms with Crippen LogP contribution >= 0.6 is 0 Å². The lowest BCUT2D eigenvalue weighted by molar-refractivity contribution is -0.137. The second-order valence-electron chi connectivity index (χ2n) is 4.26. The maximum atomic E-state index is 10.3. The molecular weight excluding hydrogens is 214 g/mol. The van der Waals surface area contributed by atoms with E-state index in [0.717, 1.165) is 37.8 Å². The summed E-state index contributed by atoms with van der Waals surface area (Å²) in [5.74, 6) is -0.688. The molecule has 0 aromatic heterocycles. The van der Waals surface area contributed by atoms with E-state index in [4.69, 9.17) is 5.11 Å². The van der Waals surface area contributed by atoms with Crippen molar-refractivity contribution < 1.29 is 9.90 Å². The molecule has 0 aliphatic heterocycles. The maximum absolute atomic E-state index is 10.3. The predicted molar refractivity (Wildman–Crippen MR) is 70.4 cm³/mol. The third kappa shape index (κ3) is 5.95. The molecule has 0 saturated carbocycles. The first-order chi connectivity index (χ1) is 8.22. The fraction of sp³-hybridized carbons (Fsp3) is 0.500. The molecule has 3 nitrogen and oxygen atoms in total. The molecular formula is C14H21NO2. The van der Waals surface area contributed by atoms with Gasteiger partial charge in [-0.25, -0.2) is 0 Å². The Balaban J connectivity index is 2.15. The highest BCUT2D eigenvalue weighted by Crippen LogP contribution is 2.13. The molecule has 0 bridgehead atoms. The molecule has 0 aliphatic carbocycles. The normalized spacial score (nSPS) is 10.2. The molecule has 0 spiro atoms. The van der Waals surface area contributed by atoms with E-state index < -0.39 is 5.97 Å². The van der Waals surface area contributed by atoms with Crippen molar-refractivity contribution in [3.63, 3.8) is 0 Å². The number of hydrogen-bond acceptors (Lipinski definition) is 2. The summed E-state index contributed by atoms with van der Waals surface area (Å²) in [6, 6.07) is 8.41. The van der Waals surface area contributed by atoms with Gasteiger partial charge in [0.15, 0.2) is 0 Å². The summed E-state index contributed by atoms with van der Waals surface area (Å²) in [4.78, 5) is 10.3. The van der Waals surface area contributed by atoms with Crippen LogP contribution in [0.15, 0.2) is 24.3 Å². The number of hydrogen-bond donors (Lipinski definition) is 2. The molecule has 17 heavy (non-hydrogen) atoms. The lowest BCUT2D eigenvalue weighted by Crippen LogP contribution is -1.94. The van der Waals surface area contributed by atoms with Crippen molar-refractivity contribution >= 4 is 11.7 Å². The van der Waals surface area contributed by atoms with Crippen molar-refractivity contribution in [2.75, 3.05) is 12.4 Å². The maximum Gasteiger partial charge on any atom is 0.303 e. The molecule has 94 valence electrons. The van der Waals surface area contributed by atoms with Crippen molar-refractivity contribution in [2.45, 2.75) is 38.5 Å². The number of benzene rings is 1. The minimum Gasteiger partial charge on any atom is -0.481 e. The van der Waals surface area contributed by atoms with Crippen LogP contribution in [0.1, 0.15) is 37.7 Å². The molecule has 0 saturated heterocycles. The average Bonchev–Trinajstić information content (AvgIpc) is 2.33. The number of anilines is 1. The Morgan fingerprint density at radius 2 is 2.00 bits per heavy atom. The van der Waals surface area contributed by atoms with E-state index in [1.807, 2.05) is 7.05 Å². The van der Waals surface area contributed by atoms with Crippen LogP contribution in [0, 0.1) is 0 Å². The number of carboxylic acids is 1. The number of aryl methyl sites for hydroxylation is 1. The van der Waals surface area contributed by atoms with Crippen LogP contribution in [0.3, 0.4) is 0 Å². The second kappa shape index (κ2) is 7.71. The Labute approximate surface area is 103 Å². The Hall–Kier alpha value is -1.51. The van der Waals surface area contributed by atoms with Crippen LogP contribution < -0.4 is 5.32 Å². The van der Waals surface area contributed by atoms with Crippen LogP contribution in [-0.2, 0) is 11.2 Å². The molecule has 3 heteroatoms. The highest BCUT2D eigenvalue weighted by molar-refractivity contribution is 5.66. The molecule has 2 N–H and O–H groups in total. The summed E-state index contributed by atoms with van der Waals surface area (Å²) in [5, 5.41) is 11.6. The monoisotopic (exact) mass is 235 g/mol. The number of unbranched alkanes of at least 4 members (excludes halogenated alkanes) is 3.